The molecule has 0 spiro atoms. The van der Waals surface area contributed by atoms with Crippen molar-refractivity contribution in [1.82, 2.24) is 10.7 Å². The van der Waals surface area contributed by atoms with Gasteiger partial charge in [-0.1, -0.05) is 41.4 Å². The summed E-state index contributed by atoms with van der Waals surface area (Å²) in [5.74, 6) is 0.708. The van der Waals surface area contributed by atoms with Crippen molar-refractivity contribution in [2.75, 3.05) is 16.8 Å². The van der Waals surface area contributed by atoms with Crippen LogP contribution in [-0.4, -0.2) is 30.7 Å². The van der Waals surface area contributed by atoms with Gasteiger partial charge in [-0.2, -0.15) is 5.10 Å². The first-order valence-corrected chi connectivity index (χ1v) is 10.8. The maximum Gasteiger partial charge on any atom is 0.248 e. The maximum absolute atomic E-state index is 12.8. The molecule has 0 unspecified atom stereocenters. The van der Waals surface area contributed by atoms with Crippen LogP contribution in [0.4, 0.5) is 11.4 Å². The summed E-state index contributed by atoms with van der Waals surface area (Å²) in [7, 11) is 0. The van der Waals surface area contributed by atoms with Gasteiger partial charge in [-0.25, -0.2) is 0 Å². The normalized spacial score (nSPS) is 21.6. The quantitative estimate of drug-likeness (QED) is 0.335. The minimum atomic E-state index is -0.249. The zero-order valence-corrected chi connectivity index (χ0v) is 18.5. The zero-order chi connectivity index (χ0) is 22.0. The number of piperidine rings is 1. The van der Waals surface area contributed by atoms with Crippen LogP contribution in [0.25, 0.3) is 0 Å². The summed E-state index contributed by atoms with van der Waals surface area (Å²) < 4.78 is 0. The van der Waals surface area contributed by atoms with Crippen molar-refractivity contribution < 1.29 is 9.59 Å². The number of anilines is 2. The number of carbonyl (C=O) groups excluding carboxylic acids is 2. The summed E-state index contributed by atoms with van der Waals surface area (Å²) >= 11 is 12.4. The molecule has 31 heavy (non-hydrogen) atoms. The molecular weight excluding hydrogens is 437 g/mol. The Balaban J connectivity index is 1.30. The predicted octanol–water partition coefficient (Wildman–Crippen LogP) is 3.63. The molecule has 2 aromatic carbocycles. The minimum absolute atomic E-state index is 0.0508. The number of para-hydroxylation sites is 1. The third-order valence-corrected chi connectivity index (χ3v) is 6.15. The average molecular weight is 460 g/mol. The number of hydrogen-bond donors (Lipinski definition) is 3. The van der Waals surface area contributed by atoms with Gasteiger partial charge in [0.15, 0.2) is 0 Å². The fraction of sp³-hybridized carbons (Fsp3) is 0.318. The van der Waals surface area contributed by atoms with Gasteiger partial charge in [-0.3, -0.25) is 9.59 Å². The molecule has 3 atom stereocenters. The smallest absolute Gasteiger partial charge is 0.248 e. The van der Waals surface area contributed by atoms with Crippen molar-refractivity contribution >= 4 is 52.7 Å². The summed E-state index contributed by atoms with van der Waals surface area (Å²) in [5.41, 5.74) is 5.11. The third-order valence-electron chi connectivity index (χ3n) is 5.56. The minimum Gasteiger partial charge on any atom is -0.359 e. The van der Waals surface area contributed by atoms with E-state index in [1.54, 1.807) is 12.1 Å². The van der Waals surface area contributed by atoms with Crippen LogP contribution in [0.2, 0.25) is 10.0 Å². The van der Waals surface area contributed by atoms with Crippen LogP contribution in [0.3, 0.4) is 0 Å². The first-order valence-electron chi connectivity index (χ1n) is 10.1. The largest absolute Gasteiger partial charge is 0.359 e. The first-order chi connectivity index (χ1) is 14.9. The van der Waals surface area contributed by atoms with E-state index in [4.69, 9.17) is 23.2 Å². The molecule has 162 valence electrons. The molecule has 2 aromatic rings. The van der Waals surface area contributed by atoms with Crippen LogP contribution in [0.5, 0.6) is 0 Å². The predicted molar refractivity (Wildman–Crippen MR) is 123 cm³/mol. The highest BCUT2D eigenvalue weighted by Crippen LogP contribution is 2.50. The zero-order valence-electron chi connectivity index (χ0n) is 16.9. The lowest BCUT2D eigenvalue weighted by molar-refractivity contribution is -0.121. The Morgan fingerprint density at radius 3 is 2.58 bits per heavy atom. The molecule has 0 aromatic heterocycles. The highest BCUT2D eigenvalue weighted by molar-refractivity contribution is 6.39. The Kier molecular flexibility index (Phi) is 6.34. The highest BCUT2D eigenvalue weighted by Gasteiger charge is 2.55. The van der Waals surface area contributed by atoms with Gasteiger partial charge in [0.2, 0.25) is 11.8 Å². The van der Waals surface area contributed by atoms with E-state index in [0.717, 1.165) is 24.2 Å². The summed E-state index contributed by atoms with van der Waals surface area (Å²) in [6.07, 6.45) is 2.48. The lowest BCUT2D eigenvalue weighted by atomic mass is 10.1. The van der Waals surface area contributed by atoms with E-state index >= 15 is 0 Å². The molecule has 1 aliphatic heterocycles. The number of carbonyl (C=O) groups is 2. The topological polar surface area (TPSA) is 85.8 Å². The molecule has 1 aliphatic carbocycles. The Morgan fingerprint density at radius 1 is 1.19 bits per heavy atom. The molecule has 0 bridgehead atoms. The number of amides is 2. The van der Waals surface area contributed by atoms with Gasteiger partial charge in [0.1, 0.15) is 12.4 Å². The Labute approximate surface area is 190 Å². The summed E-state index contributed by atoms with van der Waals surface area (Å²) in [6.45, 7) is 2.66. The molecule has 2 amide bonds. The summed E-state index contributed by atoms with van der Waals surface area (Å²) in [5, 5.41) is 10.1. The lowest BCUT2D eigenvalue weighted by Crippen LogP contribution is -2.45. The standard InChI is InChI=1S/C22H23Cl2N5O2/c1-13(30)28-20-18(23)7-14(8-19(20)24)10-26-27-12-25-22(31)21-17-9-15(17)11-29(21)16-5-3-2-4-6-16/h2-8,12,15,17,21,26H,9-11H2,1H3,(H,28,30)(H,25,27,31)/t15-,17+,21-/m0/s1. The summed E-state index contributed by atoms with van der Waals surface area (Å²) in [6, 6.07) is 13.2. The van der Waals surface area contributed by atoms with Crippen LogP contribution < -0.4 is 21.0 Å². The SMILES string of the molecule is CC(=O)Nc1c(Cl)cc(CN/N=C\NC(=O)[C@@H]2[C@@H]3C[C@H]3CN2c2ccccc2)cc1Cl. The molecule has 1 saturated heterocycles. The molecule has 0 radical (unpaired) electrons. The van der Waals surface area contributed by atoms with Gasteiger partial charge < -0.3 is 21.0 Å². The van der Waals surface area contributed by atoms with Crippen molar-refractivity contribution in [2.24, 2.45) is 16.9 Å². The number of benzene rings is 2. The van der Waals surface area contributed by atoms with E-state index < -0.39 is 0 Å². The van der Waals surface area contributed by atoms with E-state index in [1.165, 1.54) is 13.3 Å². The van der Waals surface area contributed by atoms with Crippen molar-refractivity contribution in [2.45, 2.75) is 25.9 Å². The first kappa shape index (κ1) is 21.5. The van der Waals surface area contributed by atoms with Gasteiger partial charge >= 0.3 is 0 Å². The Hall–Kier alpha value is -2.77. The number of hydrazone groups is 1. The number of nitrogens with one attached hydrogen (secondary N) is 3. The van der Waals surface area contributed by atoms with Gasteiger partial charge in [-0.15, -0.1) is 0 Å². The molecule has 2 aliphatic rings. The van der Waals surface area contributed by atoms with E-state index in [9.17, 15) is 9.59 Å². The molecule has 1 heterocycles. The van der Waals surface area contributed by atoms with Gasteiger partial charge in [0, 0.05) is 19.2 Å². The number of nitrogens with zero attached hydrogens (tertiary/aromatic N) is 2. The van der Waals surface area contributed by atoms with Crippen LogP contribution in [0.1, 0.15) is 18.9 Å². The van der Waals surface area contributed by atoms with Crippen molar-refractivity contribution in [3.05, 3.63) is 58.1 Å². The number of rotatable bonds is 7. The summed E-state index contributed by atoms with van der Waals surface area (Å²) in [4.78, 5) is 26.2. The second-order valence-electron chi connectivity index (χ2n) is 7.81. The van der Waals surface area contributed by atoms with Crippen LogP contribution >= 0.6 is 23.2 Å². The van der Waals surface area contributed by atoms with Crippen molar-refractivity contribution in [3.63, 3.8) is 0 Å². The van der Waals surface area contributed by atoms with Crippen molar-refractivity contribution in [3.8, 4) is 0 Å². The molecule has 4 rings (SSSR count). The fourth-order valence-electron chi connectivity index (χ4n) is 4.07. The van der Waals surface area contributed by atoms with Crippen LogP contribution in [0, 0.1) is 11.8 Å². The second kappa shape index (κ2) is 9.16. The molecular formula is C22H23Cl2N5O2. The fourth-order valence-corrected chi connectivity index (χ4v) is 4.70. The van der Waals surface area contributed by atoms with E-state index in [2.05, 4.69) is 26.1 Å². The van der Waals surface area contributed by atoms with E-state index in [1.807, 2.05) is 30.3 Å². The monoisotopic (exact) mass is 459 g/mol. The molecule has 2 fully saturated rings. The number of hydrogen-bond acceptors (Lipinski definition) is 5. The average Bonchev–Trinajstić information content (AvgIpc) is 3.40. The van der Waals surface area contributed by atoms with Crippen LogP contribution in [-0.2, 0) is 16.1 Å². The highest BCUT2D eigenvalue weighted by atomic mass is 35.5. The van der Waals surface area contributed by atoms with E-state index in [0.29, 0.717) is 34.1 Å². The molecule has 1 saturated carbocycles. The number of fused-ring (bicyclic) bond motifs is 1. The van der Waals surface area contributed by atoms with Crippen LogP contribution in [0.15, 0.2) is 47.6 Å². The van der Waals surface area contributed by atoms with Gasteiger partial charge in [0.05, 0.1) is 22.3 Å². The molecule has 7 nitrogen and oxygen atoms in total. The molecule has 9 heteroatoms. The third kappa shape index (κ3) is 4.94. The van der Waals surface area contributed by atoms with Crippen molar-refractivity contribution in [1.29, 1.82) is 0 Å². The lowest BCUT2D eigenvalue weighted by Gasteiger charge is -2.28. The maximum atomic E-state index is 12.8. The number of halogens is 2. The van der Waals surface area contributed by atoms with Gasteiger partial charge in [-0.05, 0) is 48.1 Å². The van der Waals surface area contributed by atoms with E-state index in [-0.39, 0.29) is 17.9 Å². The Bertz CT molecular complexity index is 991. The molecule has 3 N–H and O–H groups in total. The second-order valence-corrected chi connectivity index (χ2v) is 8.62. The van der Waals surface area contributed by atoms with Gasteiger partial charge in [0.25, 0.3) is 0 Å². The Morgan fingerprint density at radius 2 is 1.90 bits per heavy atom.